The molecule has 1 aromatic carbocycles. The van der Waals surface area contributed by atoms with Crippen LogP contribution in [0, 0.1) is 11.3 Å². The number of aromatic nitrogens is 1. The average molecular weight is 358 g/mol. The Kier molecular flexibility index (Phi) is 3.98. The van der Waals surface area contributed by atoms with Gasteiger partial charge in [-0.25, -0.2) is 0 Å². The second-order valence-electron chi connectivity index (χ2n) is 4.80. The molecule has 0 spiro atoms. The number of fused-ring (bicyclic) bond motifs is 1. The van der Waals surface area contributed by atoms with E-state index in [1.54, 1.807) is 29.2 Å². The number of benzene rings is 1. The number of amides is 1. The van der Waals surface area contributed by atoms with E-state index in [4.69, 9.17) is 4.42 Å². The number of nitrogens with one attached hydrogen (secondary N) is 1. The van der Waals surface area contributed by atoms with Crippen molar-refractivity contribution in [1.29, 1.82) is 5.26 Å². The van der Waals surface area contributed by atoms with Gasteiger partial charge in [0, 0.05) is 21.6 Å². The van der Waals surface area contributed by atoms with Crippen molar-refractivity contribution in [2.24, 2.45) is 0 Å². The van der Waals surface area contributed by atoms with E-state index in [1.165, 1.54) is 0 Å². The van der Waals surface area contributed by atoms with E-state index in [9.17, 15) is 10.1 Å². The standard InChI is InChI=1S/C16H12BrN3O2/c17-12-3-4-15-14(6-12)11(7-18)9-20(15)10-16(21)19-8-13-2-1-5-22-13/h1-6,9H,8,10H2,(H,19,21). The highest BCUT2D eigenvalue weighted by atomic mass is 79.9. The Hall–Kier alpha value is -2.52. The lowest BCUT2D eigenvalue weighted by atomic mass is 10.2. The van der Waals surface area contributed by atoms with Crippen LogP contribution in [0.25, 0.3) is 10.9 Å². The third kappa shape index (κ3) is 2.90. The number of hydrogen-bond donors (Lipinski definition) is 1. The van der Waals surface area contributed by atoms with Gasteiger partial charge in [0.05, 0.1) is 18.4 Å². The minimum Gasteiger partial charge on any atom is -0.467 e. The van der Waals surface area contributed by atoms with Gasteiger partial charge < -0.3 is 14.3 Å². The second kappa shape index (κ2) is 6.08. The van der Waals surface area contributed by atoms with Crippen molar-refractivity contribution >= 4 is 32.7 Å². The van der Waals surface area contributed by atoms with Crippen LogP contribution >= 0.6 is 15.9 Å². The SMILES string of the molecule is N#Cc1cn(CC(=O)NCc2ccco2)c2ccc(Br)cc12. The van der Waals surface area contributed by atoms with Gasteiger partial charge in [0.15, 0.2) is 0 Å². The number of hydrogen-bond acceptors (Lipinski definition) is 3. The van der Waals surface area contributed by atoms with E-state index < -0.39 is 0 Å². The molecule has 3 aromatic rings. The van der Waals surface area contributed by atoms with Crippen molar-refractivity contribution in [3.8, 4) is 6.07 Å². The Balaban J connectivity index is 1.79. The number of rotatable bonds is 4. The van der Waals surface area contributed by atoms with Gasteiger partial charge in [0.1, 0.15) is 18.4 Å². The Bertz CT molecular complexity index is 860. The molecule has 3 rings (SSSR count). The molecular formula is C16H12BrN3O2. The topological polar surface area (TPSA) is 71.0 Å². The number of furan rings is 1. The first kappa shape index (κ1) is 14.4. The Morgan fingerprint density at radius 2 is 2.27 bits per heavy atom. The van der Waals surface area contributed by atoms with Crippen LogP contribution in [0.4, 0.5) is 0 Å². The monoisotopic (exact) mass is 357 g/mol. The summed E-state index contributed by atoms with van der Waals surface area (Å²) in [5.41, 5.74) is 1.41. The Morgan fingerprint density at radius 1 is 1.41 bits per heavy atom. The second-order valence-corrected chi connectivity index (χ2v) is 5.72. The molecule has 0 bridgehead atoms. The van der Waals surface area contributed by atoms with Crippen LogP contribution in [-0.4, -0.2) is 10.5 Å². The van der Waals surface area contributed by atoms with Gasteiger partial charge in [-0.2, -0.15) is 5.26 Å². The molecule has 6 heteroatoms. The molecule has 2 aromatic heterocycles. The fraction of sp³-hybridized carbons (Fsp3) is 0.125. The molecule has 0 atom stereocenters. The maximum Gasteiger partial charge on any atom is 0.240 e. The van der Waals surface area contributed by atoms with Gasteiger partial charge in [-0.1, -0.05) is 15.9 Å². The summed E-state index contributed by atoms with van der Waals surface area (Å²) in [7, 11) is 0. The zero-order valence-electron chi connectivity index (χ0n) is 11.5. The van der Waals surface area contributed by atoms with Crippen molar-refractivity contribution in [3.05, 3.63) is 58.6 Å². The summed E-state index contributed by atoms with van der Waals surface area (Å²) in [6.07, 6.45) is 3.27. The summed E-state index contributed by atoms with van der Waals surface area (Å²) in [5.74, 6) is 0.563. The normalized spacial score (nSPS) is 10.5. The predicted octanol–water partition coefficient (Wildman–Crippen LogP) is 3.18. The summed E-state index contributed by atoms with van der Waals surface area (Å²) < 4.78 is 7.84. The molecular weight excluding hydrogens is 346 g/mol. The zero-order valence-corrected chi connectivity index (χ0v) is 13.1. The van der Waals surface area contributed by atoms with Crippen molar-refractivity contribution in [3.63, 3.8) is 0 Å². The first-order valence-electron chi connectivity index (χ1n) is 6.65. The van der Waals surface area contributed by atoms with Crippen molar-refractivity contribution < 1.29 is 9.21 Å². The summed E-state index contributed by atoms with van der Waals surface area (Å²) in [6.45, 7) is 0.502. The van der Waals surface area contributed by atoms with Crippen molar-refractivity contribution in [2.45, 2.75) is 13.1 Å². The van der Waals surface area contributed by atoms with Gasteiger partial charge in [-0.05, 0) is 30.3 Å². The quantitative estimate of drug-likeness (QED) is 0.779. The van der Waals surface area contributed by atoms with E-state index in [0.717, 1.165) is 15.4 Å². The molecule has 2 heterocycles. The third-order valence-electron chi connectivity index (χ3n) is 3.32. The van der Waals surface area contributed by atoms with Gasteiger partial charge in [-0.15, -0.1) is 0 Å². The fourth-order valence-corrected chi connectivity index (χ4v) is 2.66. The lowest BCUT2D eigenvalue weighted by molar-refractivity contribution is -0.121. The first-order valence-corrected chi connectivity index (χ1v) is 7.44. The molecule has 0 saturated carbocycles. The summed E-state index contributed by atoms with van der Waals surface area (Å²) >= 11 is 3.39. The third-order valence-corrected chi connectivity index (χ3v) is 3.81. The van der Waals surface area contributed by atoms with Gasteiger partial charge in [0.25, 0.3) is 0 Å². The largest absolute Gasteiger partial charge is 0.467 e. The minimum absolute atomic E-state index is 0.138. The smallest absolute Gasteiger partial charge is 0.240 e. The molecule has 0 fully saturated rings. The highest BCUT2D eigenvalue weighted by molar-refractivity contribution is 9.10. The Morgan fingerprint density at radius 3 is 3.00 bits per heavy atom. The van der Waals surface area contributed by atoms with Crippen LogP contribution in [0.15, 0.2) is 51.7 Å². The van der Waals surface area contributed by atoms with Gasteiger partial charge in [-0.3, -0.25) is 4.79 Å². The van der Waals surface area contributed by atoms with E-state index in [0.29, 0.717) is 17.9 Å². The molecule has 0 aliphatic rings. The van der Waals surface area contributed by atoms with E-state index in [2.05, 4.69) is 27.3 Å². The van der Waals surface area contributed by atoms with Crippen molar-refractivity contribution in [1.82, 2.24) is 9.88 Å². The highest BCUT2D eigenvalue weighted by Crippen LogP contribution is 2.24. The van der Waals surface area contributed by atoms with Crippen molar-refractivity contribution in [2.75, 3.05) is 0 Å². The summed E-state index contributed by atoms with van der Waals surface area (Å²) in [5, 5.41) is 12.8. The average Bonchev–Trinajstić information content (AvgIpc) is 3.13. The molecule has 1 amide bonds. The van der Waals surface area contributed by atoms with E-state index in [-0.39, 0.29) is 12.5 Å². The number of carbonyl (C=O) groups is 1. The fourth-order valence-electron chi connectivity index (χ4n) is 2.30. The number of nitrogens with zero attached hydrogens (tertiary/aromatic N) is 2. The molecule has 0 radical (unpaired) electrons. The molecule has 0 aliphatic heterocycles. The number of nitriles is 1. The summed E-state index contributed by atoms with van der Waals surface area (Å²) in [4.78, 5) is 12.1. The summed E-state index contributed by atoms with van der Waals surface area (Å²) in [6, 6.07) is 11.4. The predicted molar refractivity (Wildman–Crippen MR) is 84.9 cm³/mol. The van der Waals surface area contributed by atoms with Crippen LogP contribution in [0.2, 0.25) is 0 Å². The molecule has 1 N–H and O–H groups in total. The molecule has 22 heavy (non-hydrogen) atoms. The molecule has 0 aliphatic carbocycles. The molecule has 0 saturated heterocycles. The lowest BCUT2D eigenvalue weighted by Gasteiger charge is -2.06. The molecule has 0 unspecified atom stereocenters. The molecule has 110 valence electrons. The minimum atomic E-state index is -0.138. The number of carbonyl (C=O) groups excluding carboxylic acids is 1. The van der Waals surface area contributed by atoms with Crippen LogP contribution in [0.1, 0.15) is 11.3 Å². The van der Waals surface area contributed by atoms with Crippen LogP contribution in [0.3, 0.4) is 0 Å². The lowest BCUT2D eigenvalue weighted by Crippen LogP contribution is -2.26. The van der Waals surface area contributed by atoms with Gasteiger partial charge in [0.2, 0.25) is 5.91 Å². The van der Waals surface area contributed by atoms with Crippen LogP contribution in [-0.2, 0) is 17.9 Å². The van der Waals surface area contributed by atoms with Crippen LogP contribution in [0.5, 0.6) is 0 Å². The van der Waals surface area contributed by atoms with Crippen LogP contribution < -0.4 is 5.32 Å². The first-order chi connectivity index (χ1) is 10.7. The zero-order chi connectivity index (χ0) is 15.5. The van der Waals surface area contributed by atoms with Gasteiger partial charge >= 0.3 is 0 Å². The maximum absolute atomic E-state index is 12.1. The maximum atomic E-state index is 12.1. The molecule has 5 nitrogen and oxygen atoms in total. The number of halogens is 1. The highest BCUT2D eigenvalue weighted by Gasteiger charge is 2.11. The van der Waals surface area contributed by atoms with E-state index in [1.807, 2.05) is 18.2 Å². The Labute approximate surface area is 135 Å². The van der Waals surface area contributed by atoms with E-state index >= 15 is 0 Å².